The minimum absolute atomic E-state index is 0.250. The monoisotopic (exact) mass is 477 g/mol. The van der Waals surface area contributed by atoms with Crippen LogP contribution in [-0.2, 0) is 4.74 Å². The first-order valence-corrected chi connectivity index (χ1v) is 12.2. The Hall–Kier alpha value is -2.11. The van der Waals surface area contributed by atoms with E-state index in [0.29, 0.717) is 29.9 Å². The van der Waals surface area contributed by atoms with Crippen LogP contribution in [0.4, 0.5) is 16.3 Å². The van der Waals surface area contributed by atoms with E-state index >= 15 is 0 Å². The molecule has 0 bridgehead atoms. The second kappa shape index (κ2) is 10.7. The van der Waals surface area contributed by atoms with Crippen LogP contribution >= 0.6 is 23.4 Å². The smallest absolute Gasteiger partial charge is 0.333 e. The lowest BCUT2D eigenvalue weighted by Gasteiger charge is -2.32. The number of benzene rings is 1. The highest BCUT2D eigenvalue weighted by Crippen LogP contribution is 2.35. The maximum absolute atomic E-state index is 12.3. The number of halogens is 1. The average molecular weight is 478 g/mol. The molecule has 1 aromatic heterocycles. The topological polar surface area (TPSA) is 85.9 Å². The van der Waals surface area contributed by atoms with Gasteiger partial charge in [-0.1, -0.05) is 11.6 Å². The van der Waals surface area contributed by atoms with Crippen LogP contribution in [0.15, 0.2) is 29.2 Å². The molecule has 0 aliphatic carbocycles. The van der Waals surface area contributed by atoms with E-state index in [1.165, 1.54) is 0 Å². The van der Waals surface area contributed by atoms with Crippen LogP contribution in [0, 0.1) is 0 Å². The van der Waals surface area contributed by atoms with Gasteiger partial charge in [0.25, 0.3) is 0 Å². The number of thioether (sulfide) groups is 1. The number of amides is 2. The third kappa shape index (κ3) is 5.62. The number of hydrazine groups is 1. The third-order valence-corrected chi connectivity index (χ3v) is 6.65. The van der Waals surface area contributed by atoms with Crippen molar-refractivity contribution < 1.29 is 9.53 Å². The second-order valence-corrected chi connectivity index (χ2v) is 8.90. The number of likely N-dealkylation sites (N-methyl/N-ethyl adjacent to an activating group) is 1. The normalized spacial score (nSPS) is 17.9. The number of morpholine rings is 1. The molecule has 0 spiro atoms. The number of rotatable bonds is 5. The molecule has 2 aliphatic rings. The molecule has 0 atom stereocenters. The van der Waals surface area contributed by atoms with Gasteiger partial charge in [0, 0.05) is 50.5 Å². The first-order chi connectivity index (χ1) is 15.5. The summed E-state index contributed by atoms with van der Waals surface area (Å²) in [5.74, 6) is 1.40. The fourth-order valence-electron chi connectivity index (χ4n) is 3.63. The molecule has 2 saturated heterocycles. The second-order valence-electron chi connectivity index (χ2n) is 7.73. The minimum Gasteiger partial charge on any atom is -0.378 e. The molecule has 32 heavy (non-hydrogen) atoms. The van der Waals surface area contributed by atoms with Gasteiger partial charge in [-0.15, -0.1) is 11.8 Å². The van der Waals surface area contributed by atoms with Crippen molar-refractivity contribution in [2.75, 3.05) is 76.0 Å². The number of carbonyl (C=O) groups is 1. The van der Waals surface area contributed by atoms with E-state index in [2.05, 4.69) is 32.6 Å². The summed E-state index contributed by atoms with van der Waals surface area (Å²) in [4.78, 5) is 26.9. The van der Waals surface area contributed by atoms with Crippen molar-refractivity contribution in [3.63, 3.8) is 0 Å². The Balaban J connectivity index is 1.45. The number of ether oxygens (including phenoxy) is 1. The molecule has 3 heterocycles. The van der Waals surface area contributed by atoms with Gasteiger partial charge in [-0.05, 0) is 37.6 Å². The van der Waals surface area contributed by atoms with Gasteiger partial charge >= 0.3 is 6.03 Å². The summed E-state index contributed by atoms with van der Waals surface area (Å²) in [7, 11) is 2.08. The first-order valence-electron chi connectivity index (χ1n) is 10.6. The van der Waals surface area contributed by atoms with E-state index in [1.54, 1.807) is 11.8 Å². The third-order valence-electron chi connectivity index (χ3n) is 5.48. The number of urea groups is 1. The summed E-state index contributed by atoms with van der Waals surface area (Å²) in [6, 6.07) is 7.21. The van der Waals surface area contributed by atoms with E-state index in [0.717, 1.165) is 55.5 Å². The highest BCUT2D eigenvalue weighted by molar-refractivity contribution is 7.98. The number of nitrogens with one attached hydrogen (secondary N) is 2. The predicted molar refractivity (Wildman–Crippen MR) is 129 cm³/mol. The van der Waals surface area contributed by atoms with E-state index in [1.807, 2.05) is 35.5 Å². The quantitative estimate of drug-likeness (QED) is 0.502. The average Bonchev–Trinajstić information content (AvgIpc) is 2.81. The van der Waals surface area contributed by atoms with Crippen molar-refractivity contribution in [3.8, 4) is 11.4 Å². The van der Waals surface area contributed by atoms with Crippen molar-refractivity contribution in [1.82, 2.24) is 25.3 Å². The van der Waals surface area contributed by atoms with E-state index < -0.39 is 0 Å². The van der Waals surface area contributed by atoms with Gasteiger partial charge in [0.2, 0.25) is 0 Å². The van der Waals surface area contributed by atoms with Crippen LogP contribution in [0.2, 0.25) is 5.15 Å². The Morgan fingerprint density at radius 1 is 1.06 bits per heavy atom. The van der Waals surface area contributed by atoms with Crippen molar-refractivity contribution in [1.29, 1.82) is 0 Å². The van der Waals surface area contributed by atoms with Gasteiger partial charge < -0.3 is 19.9 Å². The molecule has 1 aromatic carbocycles. The summed E-state index contributed by atoms with van der Waals surface area (Å²) in [5.41, 5.74) is 4.42. The molecule has 11 heteroatoms. The molecule has 9 nitrogen and oxygen atoms in total. The lowest BCUT2D eigenvalue weighted by Crippen LogP contribution is -2.53. The van der Waals surface area contributed by atoms with Gasteiger partial charge in [0.15, 0.2) is 5.82 Å². The summed E-state index contributed by atoms with van der Waals surface area (Å²) in [6.07, 6.45) is 1.97. The predicted octanol–water partition coefficient (Wildman–Crippen LogP) is 2.64. The summed E-state index contributed by atoms with van der Waals surface area (Å²) < 4.78 is 5.47. The highest BCUT2D eigenvalue weighted by Gasteiger charge is 2.21. The molecule has 0 radical (unpaired) electrons. The Bertz CT molecular complexity index is 932. The number of anilines is 2. The van der Waals surface area contributed by atoms with Crippen LogP contribution < -0.4 is 15.6 Å². The molecule has 0 saturated carbocycles. The lowest BCUT2D eigenvalue weighted by molar-refractivity contribution is 0.116. The first kappa shape index (κ1) is 23.1. The standard InChI is InChI=1S/C21H28ClN7O2S/c1-27-7-9-29(10-8-27)26-21(30)23-16-5-3-15(4-6-16)19-24-18(22)17(32-2)20(25-19)28-11-13-31-14-12-28/h3-6H,7-14H2,1-2H3,(H2,23,26,30). The molecular formula is C21H28ClN7O2S. The van der Waals surface area contributed by atoms with Crippen LogP contribution in [0.25, 0.3) is 11.4 Å². The summed E-state index contributed by atoms with van der Waals surface area (Å²) in [6.45, 7) is 6.34. The molecule has 2 amide bonds. The van der Waals surface area contributed by atoms with Crippen LogP contribution in [0.5, 0.6) is 0 Å². The fraction of sp³-hybridized carbons (Fsp3) is 0.476. The number of nitrogens with zero attached hydrogens (tertiary/aromatic N) is 5. The van der Waals surface area contributed by atoms with Crippen molar-refractivity contribution in [3.05, 3.63) is 29.4 Å². The molecule has 0 unspecified atom stereocenters. The number of hydrogen-bond acceptors (Lipinski definition) is 8. The molecule has 2 N–H and O–H groups in total. The molecule has 2 aliphatic heterocycles. The number of piperazine rings is 1. The highest BCUT2D eigenvalue weighted by atomic mass is 35.5. The molecular weight excluding hydrogens is 450 g/mol. The van der Waals surface area contributed by atoms with Crippen LogP contribution in [0.1, 0.15) is 0 Å². The van der Waals surface area contributed by atoms with E-state index in [9.17, 15) is 4.79 Å². The van der Waals surface area contributed by atoms with Gasteiger partial charge in [-0.2, -0.15) is 0 Å². The molecule has 2 fully saturated rings. The SMILES string of the molecule is CSc1c(Cl)nc(-c2ccc(NC(=O)NN3CCN(C)CC3)cc2)nc1N1CCOCC1. The zero-order valence-electron chi connectivity index (χ0n) is 18.3. The Morgan fingerprint density at radius 3 is 2.41 bits per heavy atom. The van der Waals surface area contributed by atoms with Crippen molar-refractivity contribution in [2.24, 2.45) is 0 Å². The fourth-order valence-corrected chi connectivity index (χ4v) is 4.60. The molecule has 2 aromatic rings. The molecule has 4 rings (SSSR count). The number of aromatic nitrogens is 2. The Kier molecular flexibility index (Phi) is 7.69. The Morgan fingerprint density at radius 2 is 1.75 bits per heavy atom. The van der Waals surface area contributed by atoms with Gasteiger partial charge in [0.05, 0.1) is 18.1 Å². The molecule has 172 valence electrons. The summed E-state index contributed by atoms with van der Waals surface area (Å²) >= 11 is 8.05. The van der Waals surface area contributed by atoms with Crippen LogP contribution in [-0.4, -0.2) is 91.7 Å². The van der Waals surface area contributed by atoms with Crippen molar-refractivity contribution in [2.45, 2.75) is 4.90 Å². The van der Waals surface area contributed by atoms with E-state index in [-0.39, 0.29) is 6.03 Å². The number of carbonyl (C=O) groups excluding carboxylic acids is 1. The number of hydrogen-bond donors (Lipinski definition) is 2. The lowest BCUT2D eigenvalue weighted by atomic mass is 10.2. The maximum Gasteiger partial charge on any atom is 0.333 e. The van der Waals surface area contributed by atoms with Crippen molar-refractivity contribution >= 4 is 40.9 Å². The minimum atomic E-state index is -0.250. The van der Waals surface area contributed by atoms with Gasteiger partial charge in [0.1, 0.15) is 11.0 Å². The van der Waals surface area contributed by atoms with Gasteiger partial charge in [-0.3, -0.25) is 5.43 Å². The van der Waals surface area contributed by atoms with E-state index in [4.69, 9.17) is 21.3 Å². The zero-order valence-corrected chi connectivity index (χ0v) is 19.9. The largest absolute Gasteiger partial charge is 0.378 e. The zero-order chi connectivity index (χ0) is 22.5. The van der Waals surface area contributed by atoms with Crippen LogP contribution in [0.3, 0.4) is 0 Å². The summed E-state index contributed by atoms with van der Waals surface area (Å²) in [5, 5.41) is 5.25. The van der Waals surface area contributed by atoms with Gasteiger partial charge in [-0.25, -0.2) is 19.8 Å². The maximum atomic E-state index is 12.3. The Labute approximate surface area is 197 Å².